The molecule has 11 heteroatoms. The number of para-hydroxylation sites is 1. The van der Waals surface area contributed by atoms with E-state index in [1.54, 1.807) is 0 Å². The zero-order chi connectivity index (χ0) is 27.0. The number of anilines is 2. The van der Waals surface area contributed by atoms with Crippen LogP contribution in [0.25, 0.3) is 10.4 Å². The van der Waals surface area contributed by atoms with Crippen LogP contribution in [0.5, 0.6) is 0 Å². The van der Waals surface area contributed by atoms with Crippen molar-refractivity contribution in [2.24, 2.45) is 0 Å². The number of carbonyl (C=O) groups is 3. The number of benzene rings is 2. The Labute approximate surface area is 229 Å². The van der Waals surface area contributed by atoms with Gasteiger partial charge in [0.25, 0.3) is 0 Å². The Balaban J connectivity index is 1.64. The van der Waals surface area contributed by atoms with Crippen LogP contribution in [0, 0.1) is 0 Å². The second-order valence-electron chi connectivity index (χ2n) is 8.97. The van der Waals surface area contributed by atoms with E-state index in [0.717, 1.165) is 21.3 Å². The van der Waals surface area contributed by atoms with Crippen LogP contribution in [0.1, 0.15) is 26.8 Å². The minimum absolute atomic E-state index is 0.251. The van der Waals surface area contributed by atoms with Crippen LogP contribution >= 0.6 is 11.3 Å². The highest BCUT2D eigenvalue weighted by Gasteiger charge is 2.64. The van der Waals surface area contributed by atoms with Gasteiger partial charge in [-0.1, -0.05) is 48.5 Å². The predicted molar refractivity (Wildman–Crippen MR) is 140 cm³/mol. The maximum absolute atomic E-state index is 12.3. The minimum Gasteiger partial charge on any atom is -0.736 e. The van der Waals surface area contributed by atoms with E-state index in [-0.39, 0.29) is 6.61 Å². The van der Waals surface area contributed by atoms with E-state index in [1.165, 1.54) is 32.1 Å². The molecule has 2 aromatic carbocycles. The van der Waals surface area contributed by atoms with Gasteiger partial charge in [0, 0.05) is 25.8 Å². The first-order chi connectivity index (χ1) is 18.3. The normalized spacial score (nSPS) is 22.3. The molecule has 5 rings (SSSR count). The summed E-state index contributed by atoms with van der Waals surface area (Å²) in [6, 6.07) is 19.0. The highest BCUT2D eigenvalue weighted by molar-refractivity contribution is 7.59. The fourth-order valence-electron chi connectivity index (χ4n) is 4.94. The van der Waals surface area contributed by atoms with Crippen LogP contribution in [0.2, 0.25) is 0 Å². The van der Waals surface area contributed by atoms with Crippen molar-refractivity contribution in [3.63, 3.8) is 0 Å². The summed E-state index contributed by atoms with van der Waals surface area (Å²) in [5.74, 6) is -1.64. The lowest BCUT2D eigenvalue weighted by molar-refractivity contribution is -0.736. The number of rotatable bonds is 7. The largest absolute Gasteiger partial charge is 0.736 e. The molecule has 1 saturated heterocycles. The molecule has 0 amide bonds. The van der Waals surface area contributed by atoms with Crippen molar-refractivity contribution in [2.45, 2.75) is 56.4 Å². The minimum atomic E-state index is -1.01. The number of carbonyl (C=O) groups excluding carboxylic acids is 3. The lowest BCUT2D eigenvalue weighted by Gasteiger charge is -2.27. The van der Waals surface area contributed by atoms with Gasteiger partial charge in [0.2, 0.25) is 12.3 Å². The van der Waals surface area contributed by atoms with Gasteiger partial charge < -0.3 is 31.6 Å². The molecule has 0 spiro atoms. The third-order valence-electron chi connectivity index (χ3n) is 6.33. The molecule has 0 N–H and O–H groups in total. The van der Waals surface area contributed by atoms with Crippen molar-refractivity contribution >= 4 is 52.7 Å². The van der Waals surface area contributed by atoms with Crippen molar-refractivity contribution in [1.29, 1.82) is 0 Å². The fourth-order valence-corrected chi connectivity index (χ4v) is 6.69. The quantitative estimate of drug-likeness (QED) is 0.188. The standard InChI is InChI=1S/C27H26N2O7S2/c1-15(30)33-14-20(34-16(2)31)22-23(35-17(3)32)21-25(36-22)28(19-12-8-5-9-13-19)27-29(21)26(37)24(38-27)18-10-6-4-7-11-18/h4-13,20-23,25H,14H2,1-3H3/t20-,21-,22-,23-,25+/m1/s1. The summed E-state index contributed by atoms with van der Waals surface area (Å²) in [7, 11) is 0. The molecule has 9 nitrogen and oxygen atoms in total. The van der Waals surface area contributed by atoms with E-state index in [9.17, 15) is 14.4 Å². The Morgan fingerprint density at radius 1 is 1.00 bits per heavy atom. The van der Waals surface area contributed by atoms with Crippen LogP contribution in [0.15, 0.2) is 65.7 Å². The third-order valence-corrected chi connectivity index (χ3v) is 8.07. The summed E-state index contributed by atoms with van der Waals surface area (Å²) in [4.78, 5) is 38.8. The van der Waals surface area contributed by atoms with Gasteiger partial charge in [-0.2, -0.15) is 4.90 Å². The molecular formula is C27H26N2O7S2. The smallest absolute Gasteiger partial charge is 0.343 e. The first-order valence-electron chi connectivity index (χ1n) is 12.0. The number of fused-ring (bicyclic) bond motifs is 3. The van der Waals surface area contributed by atoms with Crippen LogP contribution in [0.3, 0.4) is 0 Å². The Kier molecular flexibility index (Phi) is 7.33. The van der Waals surface area contributed by atoms with E-state index < -0.39 is 48.5 Å². The van der Waals surface area contributed by atoms with Crippen LogP contribution in [-0.2, 0) is 46.0 Å². The maximum atomic E-state index is 12.3. The molecule has 0 aliphatic carbocycles. The van der Waals surface area contributed by atoms with Crippen molar-refractivity contribution in [3.8, 4) is 10.4 Å². The van der Waals surface area contributed by atoms with Crippen molar-refractivity contribution < 1.29 is 37.9 Å². The Morgan fingerprint density at radius 3 is 2.26 bits per heavy atom. The lowest BCUT2D eigenvalue weighted by Crippen LogP contribution is -2.51. The van der Waals surface area contributed by atoms with Crippen LogP contribution in [-0.4, -0.2) is 49.1 Å². The molecule has 0 unspecified atom stereocenters. The number of ether oxygens (including phenoxy) is 4. The van der Waals surface area contributed by atoms with E-state index in [1.807, 2.05) is 70.1 Å². The average molecular weight is 555 g/mol. The number of thiazole rings is 1. The monoisotopic (exact) mass is 554 g/mol. The SMILES string of the molecule is CC(=O)OC[C@@H](OC(C)=O)[C@H]1O[C@H]2[C@@H]([C@H]1OC(C)=O)[n+]1c(sc(-c3ccccc3)c1[S-])N2c1ccccc1. The summed E-state index contributed by atoms with van der Waals surface area (Å²) in [6.45, 7) is 3.58. The van der Waals surface area contributed by atoms with Gasteiger partial charge in [-0.05, 0) is 29.0 Å². The molecule has 3 aromatic rings. The molecule has 0 saturated carbocycles. The Hall–Kier alpha value is -3.54. The molecule has 2 aliphatic rings. The molecule has 2 aliphatic heterocycles. The van der Waals surface area contributed by atoms with Crippen molar-refractivity contribution in [3.05, 3.63) is 60.7 Å². The summed E-state index contributed by atoms with van der Waals surface area (Å²) in [6.07, 6.45) is -3.43. The number of nitrogens with zero attached hydrogens (tertiary/aromatic N) is 2. The summed E-state index contributed by atoms with van der Waals surface area (Å²) < 4.78 is 25.0. The average Bonchev–Trinajstić information content (AvgIpc) is 3.50. The molecule has 38 heavy (non-hydrogen) atoms. The highest BCUT2D eigenvalue weighted by Crippen LogP contribution is 2.49. The first-order valence-corrected chi connectivity index (χ1v) is 13.3. The fraction of sp³-hybridized carbons (Fsp3) is 0.333. The topological polar surface area (TPSA) is 95.2 Å². The number of aromatic nitrogens is 1. The highest BCUT2D eigenvalue weighted by atomic mass is 32.1. The van der Waals surface area contributed by atoms with Gasteiger partial charge in [0.1, 0.15) is 18.4 Å². The van der Waals surface area contributed by atoms with Gasteiger partial charge >= 0.3 is 23.0 Å². The number of hydrogen-bond donors (Lipinski definition) is 0. The molecule has 198 valence electrons. The number of esters is 3. The van der Waals surface area contributed by atoms with Gasteiger partial charge in [-0.3, -0.25) is 14.4 Å². The molecule has 0 bridgehead atoms. The first kappa shape index (κ1) is 26.1. The van der Waals surface area contributed by atoms with Crippen molar-refractivity contribution in [1.82, 2.24) is 0 Å². The van der Waals surface area contributed by atoms with E-state index in [0.29, 0.717) is 5.03 Å². The molecule has 0 radical (unpaired) electrons. The van der Waals surface area contributed by atoms with Gasteiger partial charge in [0.05, 0.1) is 4.88 Å². The maximum Gasteiger partial charge on any atom is 0.343 e. The zero-order valence-electron chi connectivity index (χ0n) is 20.9. The molecule has 3 heterocycles. The molecule has 1 fully saturated rings. The second kappa shape index (κ2) is 10.7. The van der Waals surface area contributed by atoms with E-state index >= 15 is 0 Å². The number of hydrogen-bond acceptors (Lipinski definition) is 10. The summed E-state index contributed by atoms with van der Waals surface area (Å²) in [5, 5.41) is 1.41. The van der Waals surface area contributed by atoms with Gasteiger partial charge in [0.15, 0.2) is 12.2 Å². The van der Waals surface area contributed by atoms with Crippen LogP contribution < -0.4 is 9.47 Å². The summed E-state index contributed by atoms with van der Waals surface area (Å²) in [5.41, 5.74) is 1.83. The third kappa shape index (κ3) is 4.84. The van der Waals surface area contributed by atoms with E-state index in [4.69, 9.17) is 31.6 Å². The van der Waals surface area contributed by atoms with E-state index in [2.05, 4.69) is 0 Å². The molecule has 5 atom stereocenters. The van der Waals surface area contributed by atoms with Crippen LogP contribution in [0.4, 0.5) is 10.8 Å². The Morgan fingerprint density at radius 2 is 1.66 bits per heavy atom. The van der Waals surface area contributed by atoms with Gasteiger partial charge in [-0.15, -0.1) is 0 Å². The lowest BCUT2D eigenvalue weighted by atomic mass is 10.0. The molecular weight excluding hydrogens is 528 g/mol. The van der Waals surface area contributed by atoms with Gasteiger partial charge in [-0.25, -0.2) is 4.57 Å². The van der Waals surface area contributed by atoms with Crippen molar-refractivity contribution in [2.75, 3.05) is 11.5 Å². The summed E-state index contributed by atoms with van der Waals surface area (Å²) >= 11 is 7.51. The zero-order valence-corrected chi connectivity index (χ0v) is 22.6. The molecule has 1 aromatic heterocycles. The second-order valence-corrected chi connectivity index (χ2v) is 10.3. The Bertz CT molecular complexity index is 1350. The predicted octanol–water partition coefficient (Wildman–Crippen LogP) is 3.45.